The Hall–Kier alpha value is -1.94. The summed E-state index contributed by atoms with van der Waals surface area (Å²) in [6.07, 6.45) is 0. The second-order valence-electron chi connectivity index (χ2n) is 3.62. The van der Waals surface area contributed by atoms with Gasteiger partial charge in [-0.05, 0) is 24.3 Å². The summed E-state index contributed by atoms with van der Waals surface area (Å²) in [7, 11) is 0. The van der Waals surface area contributed by atoms with Gasteiger partial charge in [0, 0.05) is 29.7 Å². The molecule has 5 N–H and O–H groups in total. The molecule has 16 heavy (non-hydrogen) atoms. The number of rotatable bonds is 4. The number of H-pyrrole nitrogens is 1. The lowest BCUT2D eigenvalue weighted by atomic mass is 10.3. The van der Waals surface area contributed by atoms with Crippen LogP contribution >= 0.6 is 0 Å². The molecule has 1 aromatic heterocycles. The minimum Gasteiger partial charge on any atom is -0.508 e. The molecular formula is C12H15N3O. The first-order valence-corrected chi connectivity index (χ1v) is 5.17. The number of aromatic hydroxyl groups is 1. The Morgan fingerprint density at radius 1 is 1.19 bits per heavy atom. The van der Waals surface area contributed by atoms with E-state index >= 15 is 0 Å². The highest BCUT2D eigenvalue weighted by atomic mass is 16.3. The van der Waals surface area contributed by atoms with Crippen molar-refractivity contribution in [2.45, 2.75) is 13.1 Å². The molecule has 0 spiro atoms. The molecular weight excluding hydrogens is 202 g/mol. The van der Waals surface area contributed by atoms with Crippen molar-refractivity contribution in [2.75, 3.05) is 5.32 Å². The van der Waals surface area contributed by atoms with Crippen LogP contribution in [0.1, 0.15) is 11.4 Å². The minimum atomic E-state index is 0.263. The normalized spacial score (nSPS) is 10.3. The molecule has 0 saturated carbocycles. The molecule has 0 radical (unpaired) electrons. The van der Waals surface area contributed by atoms with Crippen LogP contribution in [0.15, 0.2) is 36.4 Å². The van der Waals surface area contributed by atoms with Crippen LogP contribution in [0.25, 0.3) is 0 Å². The van der Waals surface area contributed by atoms with Gasteiger partial charge in [-0.1, -0.05) is 6.07 Å². The number of aromatic nitrogens is 1. The Morgan fingerprint density at radius 3 is 2.69 bits per heavy atom. The number of benzene rings is 1. The molecule has 2 rings (SSSR count). The lowest BCUT2D eigenvalue weighted by molar-refractivity contribution is 0.475. The molecule has 0 saturated heterocycles. The van der Waals surface area contributed by atoms with E-state index < -0.39 is 0 Å². The molecule has 4 heteroatoms. The van der Waals surface area contributed by atoms with Crippen LogP contribution in [0.2, 0.25) is 0 Å². The molecule has 0 fully saturated rings. The first-order valence-electron chi connectivity index (χ1n) is 5.17. The van der Waals surface area contributed by atoms with Crippen molar-refractivity contribution in [1.29, 1.82) is 0 Å². The lowest BCUT2D eigenvalue weighted by Crippen LogP contribution is -2.01. The fourth-order valence-electron chi connectivity index (χ4n) is 1.53. The molecule has 0 bridgehead atoms. The molecule has 84 valence electrons. The van der Waals surface area contributed by atoms with E-state index in [1.165, 1.54) is 0 Å². The summed E-state index contributed by atoms with van der Waals surface area (Å²) in [4.78, 5) is 3.20. The maximum Gasteiger partial charge on any atom is 0.117 e. The second-order valence-corrected chi connectivity index (χ2v) is 3.62. The van der Waals surface area contributed by atoms with E-state index in [9.17, 15) is 5.11 Å². The third kappa shape index (κ3) is 2.55. The van der Waals surface area contributed by atoms with Crippen molar-refractivity contribution in [2.24, 2.45) is 5.73 Å². The second kappa shape index (κ2) is 4.72. The smallest absolute Gasteiger partial charge is 0.117 e. The van der Waals surface area contributed by atoms with Crippen molar-refractivity contribution >= 4 is 5.69 Å². The zero-order valence-electron chi connectivity index (χ0n) is 8.90. The van der Waals surface area contributed by atoms with Crippen LogP contribution in [0.3, 0.4) is 0 Å². The number of nitrogens with two attached hydrogens (primary N) is 1. The quantitative estimate of drug-likeness (QED) is 0.630. The molecule has 1 aromatic carbocycles. The summed E-state index contributed by atoms with van der Waals surface area (Å²) in [6.45, 7) is 1.20. The monoisotopic (exact) mass is 217 g/mol. The van der Waals surface area contributed by atoms with Crippen LogP contribution in [0.4, 0.5) is 5.69 Å². The predicted molar refractivity (Wildman–Crippen MR) is 64.1 cm³/mol. The predicted octanol–water partition coefficient (Wildman–Crippen LogP) is 1.79. The Balaban J connectivity index is 1.96. The van der Waals surface area contributed by atoms with Crippen molar-refractivity contribution in [3.05, 3.63) is 47.8 Å². The van der Waals surface area contributed by atoms with Crippen molar-refractivity contribution in [1.82, 2.24) is 4.98 Å². The van der Waals surface area contributed by atoms with Gasteiger partial charge in [-0.2, -0.15) is 0 Å². The zero-order chi connectivity index (χ0) is 11.4. The van der Waals surface area contributed by atoms with Gasteiger partial charge in [0.25, 0.3) is 0 Å². The van der Waals surface area contributed by atoms with E-state index in [0.29, 0.717) is 13.1 Å². The van der Waals surface area contributed by atoms with Gasteiger partial charge in [0.1, 0.15) is 5.75 Å². The lowest BCUT2D eigenvalue weighted by Gasteiger charge is -2.05. The van der Waals surface area contributed by atoms with Crippen LogP contribution in [-0.4, -0.2) is 10.1 Å². The fraction of sp³-hybridized carbons (Fsp3) is 0.167. The van der Waals surface area contributed by atoms with Crippen molar-refractivity contribution in [3.63, 3.8) is 0 Å². The highest BCUT2D eigenvalue weighted by molar-refractivity contribution is 5.47. The highest BCUT2D eigenvalue weighted by Crippen LogP contribution is 2.16. The van der Waals surface area contributed by atoms with Gasteiger partial charge < -0.3 is 21.1 Å². The first-order chi connectivity index (χ1) is 7.78. The third-order valence-corrected chi connectivity index (χ3v) is 2.36. The van der Waals surface area contributed by atoms with Gasteiger partial charge in [-0.25, -0.2) is 0 Å². The Morgan fingerprint density at radius 2 is 2.00 bits per heavy atom. The number of hydrogen-bond acceptors (Lipinski definition) is 3. The van der Waals surface area contributed by atoms with Crippen molar-refractivity contribution < 1.29 is 5.11 Å². The Kier molecular flexibility index (Phi) is 3.12. The number of aromatic amines is 1. The molecule has 2 aromatic rings. The molecule has 4 nitrogen and oxygen atoms in total. The molecule has 1 heterocycles. The fourth-order valence-corrected chi connectivity index (χ4v) is 1.53. The maximum absolute atomic E-state index is 9.29. The molecule has 0 amide bonds. The van der Waals surface area contributed by atoms with E-state index in [-0.39, 0.29) is 5.75 Å². The molecule has 0 aliphatic rings. The van der Waals surface area contributed by atoms with E-state index in [0.717, 1.165) is 17.1 Å². The summed E-state index contributed by atoms with van der Waals surface area (Å²) in [5.41, 5.74) is 8.49. The standard InChI is InChI=1S/C12H15N3O/c13-7-10-4-5-11(15-10)8-14-9-2-1-3-12(16)6-9/h1-6,14-16H,7-8,13H2. The van der Waals surface area contributed by atoms with Crippen LogP contribution in [0, 0.1) is 0 Å². The summed E-state index contributed by atoms with van der Waals surface area (Å²) in [6, 6.07) is 11.0. The summed E-state index contributed by atoms with van der Waals surface area (Å²) >= 11 is 0. The summed E-state index contributed by atoms with van der Waals surface area (Å²) < 4.78 is 0. The van der Waals surface area contributed by atoms with Gasteiger partial charge >= 0.3 is 0 Å². The van der Waals surface area contributed by atoms with Gasteiger partial charge in [0.15, 0.2) is 0 Å². The van der Waals surface area contributed by atoms with Gasteiger partial charge in [0.2, 0.25) is 0 Å². The molecule has 0 atom stereocenters. The first kappa shape index (κ1) is 10.6. The number of hydrogen-bond donors (Lipinski definition) is 4. The maximum atomic E-state index is 9.29. The summed E-state index contributed by atoms with van der Waals surface area (Å²) in [5, 5.41) is 12.5. The average molecular weight is 217 g/mol. The minimum absolute atomic E-state index is 0.263. The Bertz CT molecular complexity index is 465. The van der Waals surface area contributed by atoms with E-state index in [4.69, 9.17) is 5.73 Å². The average Bonchev–Trinajstić information content (AvgIpc) is 2.74. The Labute approximate surface area is 94.1 Å². The number of phenolic OH excluding ortho intramolecular Hbond substituents is 1. The van der Waals surface area contributed by atoms with Crippen LogP contribution in [-0.2, 0) is 13.1 Å². The summed E-state index contributed by atoms with van der Waals surface area (Å²) in [5.74, 6) is 0.263. The van der Waals surface area contributed by atoms with Gasteiger partial charge in [0.05, 0.1) is 6.54 Å². The third-order valence-electron chi connectivity index (χ3n) is 2.36. The van der Waals surface area contributed by atoms with Crippen molar-refractivity contribution in [3.8, 4) is 5.75 Å². The highest BCUT2D eigenvalue weighted by Gasteiger charge is 1.98. The van der Waals surface area contributed by atoms with E-state index in [1.807, 2.05) is 18.2 Å². The SMILES string of the molecule is NCc1ccc(CNc2cccc(O)c2)[nH]1. The van der Waals surface area contributed by atoms with Crippen LogP contribution < -0.4 is 11.1 Å². The number of phenols is 1. The number of nitrogens with one attached hydrogen (secondary N) is 2. The molecule has 0 unspecified atom stereocenters. The molecule has 0 aliphatic carbocycles. The van der Waals surface area contributed by atoms with Crippen LogP contribution in [0.5, 0.6) is 5.75 Å². The van der Waals surface area contributed by atoms with E-state index in [1.54, 1.807) is 18.2 Å². The zero-order valence-corrected chi connectivity index (χ0v) is 8.90. The van der Waals surface area contributed by atoms with Gasteiger partial charge in [-0.15, -0.1) is 0 Å². The largest absolute Gasteiger partial charge is 0.508 e. The van der Waals surface area contributed by atoms with Gasteiger partial charge in [-0.3, -0.25) is 0 Å². The molecule has 0 aliphatic heterocycles. The topological polar surface area (TPSA) is 74.1 Å². The van der Waals surface area contributed by atoms with E-state index in [2.05, 4.69) is 10.3 Å². The number of anilines is 1.